The highest BCUT2D eigenvalue weighted by molar-refractivity contribution is 6.05. The molecule has 26 heavy (non-hydrogen) atoms. The number of hydrogen-bond acceptors (Lipinski definition) is 5. The molecule has 1 aromatic heterocycles. The molecular weight excluding hydrogens is 334 g/mol. The molecule has 1 fully saturated rings. The molecule has 1 saturated heterocycles. The third-order valence-electron chi connectivity index (χ3n) is 4.79. The molecule has 1 unspecified atom stereocenters. The third kappa shape index (κ3) is 2.71. The summed E-state index contributed by atoms with van der Waals surface area (Å²) in [5, 5.41) is 2.31. The minimum absolute atomic E-state index is 0.181. The number of pyridine rings is 1. The molecule has 0 aliphatic carbocycles. The number of fused-ring (bicyclic) bond motifs is 1. The summed E-state index contributed by atoms with van der Waals surface area (Å²) in [6, 6.07) is 8.51. The van der Waals surface area contributed by atoms with Gasteiger partial charge >= 0.3 is 0 Å². The lowest BCUT2D eigenvalue weighted by molar-refractivity contribution is -0.136. The molecule has 0 bridgehead atoms. The predicted octanol–water partition coefficient (Wildman–Crippen LogP) is 1.52. The van der Waals surface area contributed by atoms with Gasteiger partial charge in [-0.2, -0.15) is 0 Å². The zero-order valence-corrected chi connectivity index (χ0v) is 14.2. The van der Waals surface area contributed by atoms with E-state index in [1.54, 1.807) is 25.4 Å². The second kappa shape index (κ2) is 6.25. The van der Waals surface area contributed by atoms with Gasteiger partial charge < -0.3 is 9.64 Å². The Hall–Kier alpha value is -3.22. The Kier molecular flexibility index (Phi) is 3.91. The Morgan fingerprint density at radius 1 is 1.19 bits per heavy atom. The molecule has 4 rings (SSSR count). The number of benzene rings is 1. The molecule has 2 aliphatic heterocycles. The van der Waals surface area contributed by atoms with Gasteiger partial charge in [-0.25, -0.2) is 0 Å². The highest BCUT2D eigenvalue weighted by Crippen LogP contribution is 2.31. The van der Waals surface area contributed by atoms with Crippen molar-refractivity contribution < 1.29 is 19.1 Å². The first-order chi connectivity index (χ1) is 12.6. The predicted molar refractivity (Wildman–Crippen MR) is 92.3 cm³/mol. The van der Waals surface area contributed by atoms with Crippen molar-refractivity contribution in [3.8, 4) is 17.0 Å². The van der Waals surface area contributed by atoms with Crippen LogP contribution >= 0.6 is 0 Å². The second-order valence-electron chi connectivity index (χ2n) is 6.35. The molecule has 1 N–H and O–H groups in total. The first-order valence-electron chi connectivity index (χ1n) is 8.35. The third-order valence-corrected chi connectivity index (χ3v) is 4.79. The molecule has 0 radical (unpaired) electrons. The Balaban J connectivity index is 1.62. The van der Waals surface area contributed by atoms with Gasteiger partial charge in [0.05, 0.1) is 12.8 Å². The number of carbonyl (C=O) groups excluding carboxylic acids is 3. The number of ether oxygens (including phenoxy) is 1. The van der Waals surface area contributed by atoms with Crippen LogP contribution in [0.4, 0.5) is 0 Å². The maximum Gasteiger partial charge on any atom is 0.255 e. The fourth-order valence-electron chi connectivity index (χ4n) is 3.43. The van der Waals surface area contributed by atoms with Crippen molar-refractivity contribution in [1.82, 2.24) is 15.2 Å². The first-order valence-corrected chi connectivity index (χ1v) is 8.35. The molecule has 3 amide bonds. The van der Waals surface area contributed by atoms with E-state index in [0.717, 1.165) is 16.8 Å². The molecule has 3 heterocycles. The maximum atomic E-state index is 12.7. The average Bonchev–Trinajstić information content (AvgIpc) is 2.98. The summed E-state index contributed by atoms with van der Waals surface area (Å²) < 4.78 is 5.23. The van der Waals surface area contributed by atoms with Gasteiger partial charge in [-0.1, -0.05) is 6.07 Å². The van der Waals surface area contributed by atoms with E-state index in [1.165, 1.54) is 4.90 Å². The van der Waals surface area contributed by atoms with E-state index in [0.29, 0.717) is 24.3 Å². The first kappa shape index (κ1) is 16.3. The fourth-order valence-corrected chi connectivity index (χ4v) is 3.43. The number of methoxy groups -OCH3 is 1. The number of carbonyl (C=O) groups is 3. The Morgan fingerprint density at radius 2 is 2.04 bits per heavy atom. The van der Waals surface area contributed by atoms with Gasteiger partial charge in [-0.15, -0.1) is 0 Å². The molecular formula is C19H17N3O4. The van der Waals surface area contributed by atoms with Crippen molar-refractivity contribution in [2.75, 3.05) is 7.11 Å². The van der Waals surface area contributed by atoms with Crippen molar-refractivity contribution in [3.05, 3.63) is 47.7 Å². The van der Waals surface area contributed by atoms with Crippen LogP contribution in [0.2, 0.25) is 0 Å². The zero-order valence-electron chi connectivity index (χ0n) is 14.2. The number of imide groups is 1. The van der Waals surface area contributed by atoms with Crippen molar-refractivity contribution in [2.45, 2.75) is 25.4 Å². The number of piperidine rings is 1. The minimum atomic E-state index is -0.606. The monoisotopic (exact) mass is 351 g/mol. The van der Waals surface area contributed by atoms with Gasteiger partial charge in [0.25, 0.3) is 5.91 Å². The summed E-state index contributed by atoms with van der Waals surface area (Å²) >= 11 is 0. The molecule has 0 spiro atoms. The SMILES string of the molecule is COc1ccnc(-c2ccc3c(c2)CN(C2CCC(=O)NC2=O)C3=O)c1. The summed E-state index contributed by atoms with van der Waals surface area (Å²) in [6.07, 6.45) is 2.27. The van der Waals surface area contributed by atoms with Gasteiger partial charge in [-0.3, -0.25) is 24.7 Å². The number of rotatable bonds is 3. The normalized spacial score (nSPS) is 19.3. The van der Waals surface area contributed by atoms with Crippen LogP contribution in [0.15, 0.2) is 36.5 Å². The van der Waals surface area contributed by atoms with Gasteiger partial charge in [0.1, 0.15) is 11.8 Å². The lowest BCUT2D eigenvalue weighted by Crippen LogP contribution is -2.52. The van der Waals surface area contributed by atoms with Gasteiger partial charge in [-0.05, 0) is 30.2 Å². The molecule has 2 aromatic rings. The Labute approximate surface area is 150 Å². The van der Waals surface area contributed by atoms with E-state index in [2.05, 4.69) is 10.3 Å². The minimum Gasteiger partial charge on any atom is -0.497 e. The van der Waals surface area contributed by atoms with E-state index >= 15 is 0 Å². The van der Waals surface area contributed by atoms with Crippen molar-refractivity contribution in [3.63, 3.8) is 0 Å². The summed E-state index contributed by atoms with van der Waals surface area (Å²) in [7, 11) is 1.60. The standard InChI is InChI=1S/C19H17N3O4/c1-26-13-6-7-20-15(9-13)11-2-3-14-12(8-11)10-22(19(14)25)16-4-5-17(23)21-18(16)24/h2-3,6-9,16H,4-5,10H2,1H3,(H,21,23,24). The van der Waals surface area contributed by atoms with Crippen molar-refractivity contribution in [1.29, 1.82) is 0 Å². The van der Waals surface area contributed by atoms with Crippen LogP contribution in [0.1, 0.15) is 28.8 Å². The van der Waals surface area contributed by atoms with Crippen LogP contribution in [0.5, 0.6) is 5.75 Å². The molecule has 7 heteroatoms. The van der Waals surface area contributed by atoms with Crippen LogP contribution in [-0.2, 0) is 16.1 Å². The summed E-state index contributed by atoms with van der Waals surface area (Å²) in [4.78, 5) is 42.0. The summed E-state index contributed by atoms with van der Waals surface area (Å²) in [5.41, 5.74) is 3.06. The van der Waals surface area contributed by atoms with E-state index < -0.39 is 11.9 Å². The number of nitrogens with zero attached hydrogens (tertiary/aromatic N) is 2. The zero-order chi connectivity index (χ0) is 18.3. The van der Waals surface area contributed by atoms with E-state index in [-0.39, 0.29) is 18.2 Å². The molecule has 2 aliphatic rings. The average molecular weight is 351 g/mol. The maximum absolute atomic E-state index is 12.7. The lowest BCUT2D eigenvalue weighted by atomic mass is 10.0. The number of aromatic nitrogens is 1. The molecule has 0 saturated carbocycles. The smallest absolute Gasteiger partial charge is 0.255 e. The Morgan fingerprint density at radius 3 is 2.81 bits per heavy atom. The van der Waals surface area contributed by atoms with Crippen molar-refractivity contribution >= 4 is 17.7 Å². The van der Waals surface area contributed by atoms with Crippen LogP contribution < -0.4 is 10.1 Å². The van der Waals surface area contributed by atoms with Gasteiger partial charge in [0, 0.05) is 36.4 Å². The van der Waals surface area contributed by atoms with E-state index in [4.69, 9.17) is 4.74 Å². The van der Waals surface area contributed by atoms with Crippen molar-refractivity contribution in [2.24, 2.45) is 0 Å². The molecule has 1 aromatic carbocycles. The number of nitrogens with one attached hydrogen (secondary N) is 1. The molecule has 132 valence electrons. The van der Waals surface area contributed by atoms with Crippen LogP contribution in [-0.4, -0.2) is 40.8 Å². The summed E-state index contributed by atoms with van der Waals surface area (Å²) in [6.45, 7) is 0.345. The van der Waals surface area contributed by atoms with E-state index in [9.17, 15) is 14.4 Å². The fraction of sp³-hybridized carbons (Fsp3) is 0.263. The van der Waals surface area contributed by atoms with E-state index in [1.807, 2.05) is 18.2 Å². The van der Waals surface area contributed by atoms with Gasteiger partial charge in [0.15, 0.2) is 0 Å². The van der Waals surface area contributed by atoms with Crippen LogP contribution in [0.25, 0.3) is 11.3 Å². The largest absolute Gasteiger partial charge is 0.497 e. The lowest BCUT2D eigenvalue weighted by Gasteiger charge is -2.29. The Bertz CT molecular complexity index is 925. The number of amides is 3. The second-order valence-corrected chi connectivity index (χ2v) is 6.35. The van der Waals surface area contributed by atoms with Crippen LogP contribution in [0, 0.1) is 0 Å². The van der Waals surface area contributed by atoms with Gasteiger partial charge in [0.2, 0.25) is 11.8 Å². The summed E-state index contributed by atoms with van der Waals surface area (Å²) in [5.74, 6) is -0.171. The topological polar surface area (TPSA) is 88.6 Å². The molecule has 1 atom stereocenters. The molecule has 7 nitrogen and oxygen atoms in total. The van der Waals surface area contributed by atoms with Crippen LogP contribution in [0.3, 0.4) is 0 Å². The number of hydrogen-bond donors (Lipinski definition) is 1. The highest BCUT2D eigenvalue weighted by atomic mass is 16.5. The highest BCUT2D eigenvalue weighted by Gasteiger charge is 2.39. The quantitative estimate of drug-likeness (QED) is 0.847.